The van der Waals surface area contributed by atoms with E-state index >= 15 is 0 Å². The minimum absolute atomic E-state index is 0.00953. The molecule has 1 aromatic carbocycles. The Hall–Kier alpha value is -2.39. The maximum absolute atomic E-state index is 13.1. The molecule has 0 aliphatic heterocycles. The van der Waals surface area contributed by atoms with Crippen LogP contribution in [0.5, 0.6) is 0 Å². The molecule has 10 heteroatoms. The third-order valence-electron chi connectivity index (χ3n) is 4.39. The van der Waals surface area contributed by atoms with Gasteiger partial charge in [-0.05, 0) is 44.0 Å². The lowest BCUT2D eigenvalue weighted by molar-refractivity contribution is -0.146. The fourth-order valence-corrected chi connectivity index (χ4v) is 2.85. The predicted molar refractivity (Wildman–Crippen MR) is 94.8 cm³/mol. The molecule has 27 heavy (non-hydrogen) atoms. The number of nitrogens with zero attached hydrogens (tertiary/aromatic N) is 4. The second kappa shape index (κ2) is 6.65. The molecule has 3 aromatic rings. The van der Waals surface area contributed by atoms with Gasteiger partial charge in [0.05, 0.1) is 0 Å². The second-order valence-corrected chi connectivity index (χ2v) is 6.93. The molecule has 0 aliphatic carbocycles. The van der Waals surface area contributed by atoms with E-state index in [9.17, 15) is 18.3 Å². The first-order chi connectivity index (χ1) is 12.5. The average molecular weight is 400 g/mol. The van der Waals surface area contributed by atoms with Gasteiger partial charge in [0, 0.05) is 17.1 Å². The number of aliphatic hydroxyl groups is 1. The molecule has 1 unspecified atom stereocenters. The lowest BCUT2D eigenvalue weighted by Crippen LogP contribution is -2.31. The Morgan fingerprint density at radius 3 is 2.52 bits per heavy atom. The second-order valence-electron chi connectivity index (χ2n) is 6.49. The van der Waals surface area contributed by atoms with Crippen molar-refractivity contribution in [1.82, 2.24) is 19.8 Å². The first-order valence-corrected chi connectivity index (χ1v) is 8.40. The highest BCUT2D eigenvalue weighted by Gasteiger charge is 2.38. The average Bonchev–Trinajstić information content (AvgIpc) is 3.01. The molecule has 2 N–H and O–H groups in total. The van der Waals surface area contributed by atoms with E-state index in [0.29, 0.717) is 26.2 Å². The van der Waals surface area contributed by atoms with Gasteiger partial charge >= 0.3 is 6.18 Å². The molecule has 1 atom stereocenters. The summed E-state index contributed by atoms with van der Waals surface area (Å²) in [7, 11) is 0. The predicted octanol–water partition coefficient (Wildman–Crippen LogP) is 3.73. The molecule has 0 fully saturated rings. The van der Waals surface area contributed by atoms with Crippen LogP contribution in [0.15, 0.2) is 24.3 Å². The van der Waals surface area contributed by atoms with E-state index in [0.717, 1.165) is 0 Å². The van der Waals surface area contributed by atoms with Crippen molar-refractivity contribution in [2.45, 2.75) is 32.5 Å². The number of anilines is 1. The molecule has 3 rings (SSSR count). The first-order valence-electron chi connectivity index (χ1n) is 8.03. The number of aryl methyl sites for hydroxylation is 1. The maximum Gasteiger partial charge on any atom is 0.453 e. The van der Waals surface area contributed by atoms with Crippen LogP contribution in [0.25, 0.3) is 5.65 Å². The van der Waals surface area contributed by atoms with E-state index in [4.69, 9.17) is 11.6 Å². The van der Waals surface area contributed by atoms with E-state index in [1.54, 1.807) is 45.0 Å². The Bertz CT molecular complexity index is 1000. The molecule has 6 nitrogen and oxygen atoms in total. The van der Waals surface area contributed by atoms with Gasteiger partial charge in [-0.3, -0.25) is 0 Å². The van der Waals surface area contributed by atoms with E-state index in [2.05, 4.69) is 20.6 Å². The molecule has 0 saturated carbocycles. The Morgan fingerprint density at radius 2 is 1.89 bits per heavy atom. The van der Waals surface area contributed by atoms with Crippen molar-refractivity contribution in [3.63, 3.8) is 0 Å². The number of hydrogen-bond acceptors (Lipinski definition) is 5. The molecule has 0 bridgehead atoms. The van der Waals surface area contributed by atoms with Crippen LogP contribution in [-0.4, -0.2) is 31.5 Å². The van der Waals surface area contributed by atoms with E-state index < -0.39 is 17.6 Å². The summed E-state index contributed by atoms with van der Waals surface area (Å²) in [6.45, 7) is 4.93. The van der Waals surface area contributed by atoms with Crippen molar-refractivity contribution in [2.24, 2.45) is 0 Å². The zero-order valence-corrected chi connectivity index (χ0v) is 15.5. The molecule has 2 aromatic heterocycles. The van der Waals surface area contributed by atoms with Crippen molar-refractivity contribution in [2.75, 3.05) is 11.9 Å². The first kappa shape index (κ1) is 19.4. The summed E-state index contributed by atoms with van der Waals surface area (Å²) >= 11 is 5.96. The van der Waals surface area contributed by atoms with Gasteiger partial charge in [-0.15, -0.1) is 15.3 Å². The standard InChI is InChI=1S/C17H17ClF3N5O/c1-9-10(2)14-23-24-15(17(19,20)21)26(14)25-13(9)22-8-16(3,27)11-5-4-6-12(18)7-11/h4-7,27H,8H2,1-3H3,(H,22,25). The molecule has 0 radical (unpaired) electrons. The van der Waals surface area contributed by atoms with Gasteiger partial charge in [0.15, 0.2) is 5.65 Å². The van der Waals surface area contributed by atoms with Crippen LogP contribution in [0, 0.1) is 13.8 Å². The number of aromatic nitrogens is 4. The van der Waals surface area contributed by atoms with E-state index in [-0.39, 0.29) is 18.0 Å². The van der Waals surface area contributed by atoms with Crippen LogP contribution < -0.4 is 5.32 Å². The Balaban J connectivity index is 1.96. The van der Waals surface area contributed by atoms with E-state index in [1.807, 2.05) is 0 Å². The number of halogens is 4. The van der Waals surface area contributed by atoms with Crippen LogP contribution in [0.3, 0.4) is 0 Å². The van der Waals surface area contributed by atoms with Crippen LogP contribution >= 0.6 is 11.6 Å². The van der Waals surface area contributed by atoms with Gasteiger partial charge in [-0.25, -0.2) is 0 Å². The van der Waals surface area contributed by atoms with Crippen molar-refractivity contribution < 1.29 is 18.3 Å². The van der Waals surface area contributed by atoms with Crippen molar-refractivity contribution in [1.29, 1.82) is 0 Å². The van der Waals surface area contributed by atoms with Gasteiger partial charge in [-0.1, -0.05) is 23.7 Å². The van der Waals surface area contributed by atoms with Crippen LogP contribution in [0.2, 0.25) is 5.02 Å². The number of nitrogens with one attached hydrogen (secondary N) is 1. The molecule has 0 amide bonds. The third-order valence-corrected chi connectivity index (χ3v) is 4.63. The highest BCUT2D eigenvalue weighted by molar-refractivity contribution is 6.30. The minimum atomic E-state index is -4.68. The summed E-state index contributed by atoms with van der Waals surface area (Å²) in [4.78, 5) is 0. The number of alkyl halides is 3. The zero-order valence-electron chi connectivity index (χ0n) is 14.8. The minimum Gasteiger partial charge on any atom is -0.384 e. The molecular weight excluding hydrogens is 383 g/mol. The monoisotopic (exact) mass is 399 g/mol. The highest BCUT2D eigenvalue weighted by atomic mass is 35.5. The Kier molecular flexibility index (Phi) is 4.77. The summed E-state index contributed by atoms with van der Waals surface area (Å²) in [5.41, 5.74) is 0.413. The number of benzene rings is 1. The maximum atomic E-state index is 13.1. The topological polar surface area (TPSA) is 75.3 Å². The SMILES string of the molecule is Cc1c(NCC(C)(O)c2cccc(Cl)c2)nn2c(C(F)(F)F)nnc2c1C. The summed E-state index contributed by atoms with van der Waals surface area (Å²) in [6, 6.07) is 6.73. The summed E-state index contributed by atoms with van der Waals surface area (Å²) < 4.78 is 40.0. The normalized spacial score (nSPS) is 14.4. The van der Waals surface area contributed by atoms with Gasteiger partial charge < -0.3 is 10.4 Å². The molecule has 144 valence electrons. The molecule has 0 aliphatic rings. The summed E-state index contributed by atoms with van der Waals surface area (Å²) in [5, 5.41) is 24.9. The summed E-state index contributed by atoms with van der Waals surface area (Å²) in [5.74, 6) is -1.00. The van der Waals surface area contributed by atoms with Crippen LogP contribution in [0.1, 0.15) is 29.4 Å². The largest absolute Gasteiger partial charge is 0.453 e. The third kappa shape index (κ3) is 3.70. The van der Waals surface area contributed by atoms with Crippen LogP contribution in [-0.2, 0) is 11.8 Å². The Labute approximate surface area is 158 Å². The molecule has 0 saturated heterocycles. The van der Waals surface area contributed by atoms with Crippen molar-refractivity contribution in [3.05, 3.63) is 51.8 Å². The van der Waals surface area contributed by atoms with Gasteiger partial charge in [0.1, 0.15) is 11.4 Å². The number of fused-ring (bicyclic) bond motifs is 1. The fourth-order valence-electron chi connectivity index (χ4n) is 2.65. The lowest BCUT2D eigenvalue weighted by Gasteiger charge is -2.25. The fraction of sp³-hybridized carbons (Fsp3) is 0.353. The van der Waals surface area contributed by atoms with Gasteiger partial charge in [0.2, 0.25) is 0 Å². The number of rotatable bonds is 4. The van der Waals surface area contributed by atoms with E-state index in [1.165, 1.54) is 0 Å². The lowest BCUT2D eigenvalue weighted by atomic mass is 9.96. The molecular formula is C17H17ClF3N5O. The quantitative estimate of drug-likeness (QED) is 0.699. The zero-order chi connectivity index (χ0) is 20.0. The highest BCUT2D eigenvalue weighted by Crippen LogP contribution is 2.30. The molecule has 2 heterocycles. The number of hydrogen-bond donors (Lipinski definition) is 2. The van der Waals surface area contributed by atoms with Crippen molar-refractivity contribution in [3.8, 4) is 0 Å². The van der Waals surface area contributed by atoms with Crippen molar-refractivity contribution >= 4 is 23.1 Å². The molecule has 0 spiro atoms. The Morgan fingerprint density at radius 1 is 1.19 bits per heavy atom. The van der Waals surface area contributed by atoms with Gasteiger partial charge in [-0.2, -0.15) is 17.7 Å². The van der Waals surface area contributed by atoms with Gasteiger partial charge in [0.25, 0.3) is 5.82 Å². The smallest absolute Gasteiger partial charge is 0.384 e. The van der Waals surface area contributed by atoms with Crippen LogP contribution in [0.4, 0.5) is 19.0 Å². The summed E-state index contributed by atoms with van der Waals surface area (Å²) in [6.07, 6.45) is -4.68.